The summed E-state index contributed by atoms with van der Waals surface area (Å²) in [5.74, 6) is 0.288. The second-order valence-corrected chi connectivity index (χ2v) is 8.63. The fraction of sp³-hybridized carbons (Fsp3) is 0.208. The number of hydrogen-bond acceptors (Lipinski definition) is 3. The Morgan fingerprint density at radius 1 is 0.844 bits per heavy atom. The smallest absolute Gasteiger partial charge is 0.256 e. The van der Waals surface area contributed by atoms with Crippen LogP contribution in [0.15, 0.2) is 54.6 Å². The van der Waals surface area contributed by atoms with Crippen LogP contribution in [0.5, 0.6) is 0 Å². The number of carbonyl (C=O) groups is 1. The van der Waals surface area contributed by atoms with E-state index in [0.717, 1.165) is 28.2 Å². The minimum Gasteiger partial charge on any atom is -0.305 e. The number of nitrogens with one attached hydrogen (secondary N) is 1. The van der Waals surface area contributed by atoms with Crippen LogP contribution in [0.1, 0.15) is 38.6 Å². The van der Waals surface area contributed by atoms with Crippen LogP contribution in [0.2, 0.25) is 10.0 Å². The van der Waals surface area contributed by atoms with Crippen LogP contribution >= 0.6 is 23.2 Å². The van der Waals surface area contributed by atoms with Gasteiger partial charge in [0.2, 0.25) is 0 Å². The van der Waals surface area contributed by atoms with Crippen molar-refractivity contribution in [2.24, 2.45) is 0 Å². The van der Waals surface area contributed by atoms with Crippen LogP contribution in [0, 0.1) is 20.8 Å². The Kier molecular flexibility index (Phi) is 6.35. The summed E-state index contributed by atoms with van der Waals surface area (Å²) in [7, 11) is 0. The molecule has 2 aromatic carbocycles. The number of carbonyl (C=O) groups excluding carboxylic acids is 1. The van der Waals surface area contributed by atoms with Crippen molar-refractivity contribution in [2.45, 2.75) is 33.9 Å². The second kappa shape index (κ2) is 9.18. The van der Waals surface area contributed by atoms with Crippen LogP contribution in [-0.4, -0.2) is 25.5 Å². The van der Waals surface area contributed by atoms with E-state index in [1.807, 2.05) is 72.6 Å². The molecule has 32 heavy (non-hydrogen) atoms. The maximum atomic E-state index is 12.8. The first-order valence-electron chi connectivity index (χ1n) is 10.2. The third-order valence-corrected chi connectivity index (χ3v) is 5.90. The lowest BCUT2D eigenvalue weighted by molar-refractivity contribution is 0.102. The molecule has 0 aliphatic carbocycles. The number of amides is 1. The maximum Gasteiger partial charge on any atom is 0.256 e. The minimum atomic E-state index is -0.209. The van der Waals surface area contributed by atoms with Crippen LogP contribution < -0.4 is 5.32 Å². The van der Waals surface area contributed by atoms with Gasteiger partial charge in [0.05, 0.1) is 28.8 Å². The van der Waals surface area contributed by atoms with E-state index >= 15 is 0 Å². The summed E-state index contributed by atoms with van der Waals surface area (Å²) in [6.45, 7) is 7.06. The molecule has 0 unspecified atom stereocenters. The second-order valence-electron chi connectivity index (χ2n) is 7.82. The van der Waals surface area contributed by atoms with Crippen molar-refractivity contribution in [1.29, 1.82) is 0 Å². The standard InChI is InChI=1S/C24H23Cl2N5O/c1-15-9-16(2)30(28-15)13-18-5-4-6-20(11-18)24(32)27-23-10-17(3)31(29-23)14-19-7-8-21(25)22(26)12-19/h4-12H,13-14H2,1-3H3,(H,27,29,32). The van der Waals surface area contributed by atoms with E-state index in [-0.39, 0.29) is 5.91 Å². The molecule has 2 aromatic heterocycles. The number of halogens is 2. The lowest BCUT2D eigenvalue weighted by atomic mass is 10.1. The SMILES string of the molecule is Cc1cc(C)n(Cc2cccc(C(=O)Nc3cc(C)n(Cc4ccc(Cl)c(Cl)c4)n3)c2)n1. The van der Waals surface area contributed by atoms with Gasteiger partial charge in [-0.05, 0) is 62.2 Å². The Morgan fingerprint density at radius 2 is 1.53 bits per heavy atom. The summed E-state index contributed by atoms with van der Waals surface area (Å²) in [6, 6.07) is 16.9. The predicted octanol–water partition coefficient (Wildman–Crippen LogP) is 5.66. The maximum absolute atomic E-state index is 12.8. The summed E-state index contributed by atoms with van der Waals surface area (Å²) in [6.07, 6.45) is 0. The number of benzene rings is 2. The molecule has 0 bridgehead atoms. The Bertz CT molecular complexity index is 1290. The zero-order chi connectivity index (χ0) is 22.8. The minimum absolute atomic E-state index is 0.209. The van der Waals surface area contributed by atoms with Crippen molar-refractivity contribution < 1.29 is 4.79 Å². The molecule has 4 aromatic rings. The molecule has 0 aliphatic heterocycles. The molecule has 6 nitrogen and oxygen atoms in total. The number of aromatic nitrogens is 4. The van der Waals surface area contributed by atoms with E-state index in [1.165, 1.54) is 0 Å². The topological polar surface area (TPSA) is 64.7 Å². The summed E-state index contributed by atoms with van der Waals surface area (Å²) in [4.78, 5) is 12.8. The molecule has 0 saturated carbocycles. The zero-order valence-corrected chi connectivity index (χ0v) is 19.6. The molecular formula is C24H23Cl2N5O. The molecule has 1 N–H and O–H groups in total. The van der Waals surface area contributed by atoms with E-state index in [9.17, 15) is 4.79 Å². The molecule has 0 atom stereocenters. The van der Waals surface area contributed by atoms with Gasteiger partial charge in [-0.2, -0.15) is 10.2 Å². The predicted molar refractivity (Wildman–Crippen MR) is 128 cm³/mol. The molecule has 2 heterocycles. The highest BCUT2D eigenvalue weighted by molar-refractivity contribution is 6.42. The lowest BCUT2D eigenvalue weighted by Crippen LogP contribution is -2.14. The zero-order valence-electron chi connectivity index (χ0n) is 18.1. The first kappa shape index (κ1) is 22.1. The van der Waals surface area contributed by atoms with Gasteiger partial charge in [-0.1, -0.05) is 41.4 Å². The molecule has 0 aliphatic rings. The normalized spacial score (nSPS) is 11.0. The highest BCUT2D eigenvalue weighted by Crippen LogP contribution is 2.23. The molecular weight excluding hydrogens is 445 g/mol. The van der Waals surface area contributed by atoms with E-state index in [4.69, 9.17) is 23.2 Å². The lowest BCUT2D eigenvalue weighted by Gasteiger charge is -2.08. The number of rotatable bonds is 6. The van der Waals surface area contributed by atoms with Gasteiger partial charge in [0.15, 0.2) is 5.82 Å². The highest BCUT2D eigenvalue weighted by Gasteiger charge is 2.12. The number of hydrogen-bond donors (Lipinski definition) is 1. The monoisotopic (exact) mass is 467 g/mol. The van der Waals surface area contributed by atoms with E-state index in [2.05, 4.69) is 15.5 Å². The summed E-state index contributed by atoms with van der Waals surface area (Å²) in [5.41, 5.74) is 5.53. The molecule has 0 radical (unpaired) electrons. The van der Waals surface area contributed by atoms with Gasteiger partial charge in [-0.25, -0.2) is 0 Å². The van der Waals surface area contributed by atoms with E-state index in [0.29, 0.717) is 34.5 Å². The largest absolute Gasteiger partial charge is 0.305 e. The molecule has 0 fully saturated rings. The van der Waals surface area contributed by atoms with Gasteiger partial charge in [0.1, 0.15) is 0 Å². The van der Waals surface area contributed by atoms with Crippen LogP contribution in [0.4, 0.5) is 5.82 Å². The summed E-state index contributed by atoms with van der Waals surface area (Å²) >= 11 is 12.1. The Labute approximate surface area is 196 Å². The van der Waals surface area contributed by atoms with Gasteiger partial charge in [-0.3, -0.25) is 14.2 Å². The first-order valence-corrected chi connectivity index (χ1v) is 10.9. The quantitative estimate of drug-likeness (QED) is 0.397. The molecule has 0 spiro atoms. The number of aryl methyl sites for hydroxylation is 3. The third-order valence-electron chi connectivity index (χ3n) is 5.16. The van der Waals surface area contributed by atoms with Gasteiger partial charge in [0, 0.05) is 23.0 Å². The fourth-order valence-corrected chi connectivity index (χ4v) is 3.87. The number of anilines is 1. The van der Waals surface area contributed by atoms with Crippen molar-refractivity contribution in [3.63, 3.8) is 0 Å². The van der Waals surface area contributed by atoms with Crippen LogP contribution in [-0.2, 0) is 13.1 Å². The van der Waals surface area contributed by atoms with Crippen molar-refractivity contribution in [3.05, 3.63) is 98.4 Å². The van der Waals surface area contributed by atoms with Gasteiger partial charge in [-0.15, -0.1) is 0 Å². The fourth-order valence-electron chi connectivity index (χ4n) is 3.55. The Hall–Kier alpha value is -3.09. The Morgan fingerprint density at radius 3 is 2.22 bits per heavy atom. The van der Waals surface area contributed by atoms with Gasteiger partial charge >= 0.3 is 0 Å². The average molecular weight is 468 g/mol. The molecule has 4 rings (SSSR count). The highest BCUT2D eigenvalue weighted by atomic mass is 35.5. The van der Waals surface area contributed by atoms with Gasteiger partial charge in [0.25, 0.3) is 5.91 Å². The Balaban J connectivity index is 1.46. The summed E-state index contributed by atoms with van der Waals surface area (Å²) < 4.78 is 3.74. The molecule has 8 heteroatoms. The van der Waals surface area contributed by atoms with Crippen molar-refractivity contribution in [1.82, 2.24) is 19.6 Å². The first-order chi connectivity index (χ1) is 15.3. The van der Waals surface area contributed by atoms with Crippen LogP contribution in [0.3, 0.4) is 0 Å². The van der Waals surface area contributed by atoms with Gasteiger partial charge < -0.3 is 5.32 Å². The van der Waals surface area contributed by atoms with E-state index < -0.39 is 0 Å². The van der Waals surface area contributed by atoms with E-state index in [1.54, 1.807) is 12.1 Å². The number of nitrogens with zero attached hydrogens (tertiary/aromatic N) is 4. The molecule has 1 amide bonds. The van der Waals surface area contributed by atoms with Crippen LogP contribution in [0.25, 0.3) is 0 Å². The third kappa shape index (κ3) is 5.03. The summed E-state index contributed by atoms with van der Waals surface area (Å²) in [5, 5.41) is 12.9. The molecule has 0 saturated heterocycles. The van der Waals surface area contributed by atoms with Crippen molar-refractivity contribution in [3.8, 4) is 0 Å². The van der Waals surface area contributed by atoms with Crippen molar-refractivity contribution >= 4 is 34.9 Å². The average Bonchev–Trinajstić information content (AvgIpc) is 3.25. The molecule has 164 valence electrons. The van der Waals surface area contributed by atoms with Crippen molar-refractivity contribution in [2.75, 3.05) is 5.32 Å².